The van der Waals surface area contributed by atoms with Gasteiger partial charge in [-0.05, 0) is 50.1 Å². The Morgan fingerprint density at radius 3 is 2.51 bits per heavy atom. The highest BCUT2D eigenvalue weighted by atomic mass is 35.5. The van der Waals surface area contributed by atoms with Gasteiger partial charge in [-0.1, -0.05) is 60.2 Å². The lowest BCUT2D eigenvalue weighted by molar-refractivity contribution is -0.600. The molecule has 0 spiro atoms. The topological polar surface area (TPSA) is 101 Å². The predicted molar refractivity (Wildman–Crippen MR) is 166 cm³/mol. The summed E-state index contributed by atoms with van der Waals surface area (Å²) in [5.74, 6) is 0.456. The second-order valence-corrected chi connectivity index (χ2v) is 13.4. The van der Waals surface area contributed by atoms with E-state index in [0.717, 1.165) is 39.0 Å². The van der Waals surface area contributed by atoms with Gasteiger partial charge in [-0.2, -0.15) is 13.4 Å². The third-order valence-corrected chi connectivity index (χ3v) is 9.89. The number of aliphatic imine (C=N–C) groups is 2. The number of aromatic nitrogens is 1. The van der Waals surface area contributed by atoms with Gasteiger partial charge in [-0.15, -0.1) is 4.00 Å². The van der Waals surface area contributed by atoms with Crippen LogP contribution in [-0.4, -0.2) is 46.8 Å². The number of allylic oxidation sites excluding steroid dienone is 2. The molecule has 0 saturated heterocycles. The summed E-state index contributed by atoms with van der Waals surface area (Å²) in [7, 11) is -4.00. The Bertz CT molecular complexity index is 1980. The summed E-state index contributed by atoms with van der Waals surface area (Å²) in [6.45, 7) is 1.54. The molecule has 1 aliphatic carbocycles. The van der Waals surface area contributed by atoms with Crippen molar-refractivity contribution < 1.29 is 21.7 Å². The fourth-order valence-corrected chi connectivity index (χ4v) is 7.07. The molecule has 1 aromatic heterocycles. The first kappa shape index (κ1) is 27.8. The van der Waals surface area contributed by atoms with Crippen molar-refractivity contribution in [2.75, 3.05) is 6.61 Å². The van der Waals surface area contributed by atoms with E-state index in [2.05, 4.69) is 11.1 Å². The number of halogens is 1. The fourth-order valence-electron chi connectivity index (χ4n) is 5.78. The molecule has 216 valence electrons. The number of rotatable bonds is 7. The fraction of sp³-hybridized carbons (Fsp3) is 0.182. The SMILES string of the molecule is Cc1ccc(S(=O)(=O)OCC2(O)CC(C3=C4C=NC=C[N+]4(Cl)C(c4ccc5ccc(-c6ccccc6)nc5c4)=N3)C2)cc1. The maximum absolute atomic E-state index is 12.7. The molecule has 1 fully saturated rings. The Kier molecular flexibility index (Phi) is 6.68. The van der Waals surface area contributed by atoms with Crippen LogP contribution in [0.15, 0.2) is 124 Å². The van der Waals surface area contributed by atoms with Gasteiger partial charge in [0.1, 0.15) is 11.9 Å². The van der Waals surface area contributed by atoms with Gasteiger partial charge >= 0.3 is 0 Å². The van der Waals surface area contributed by atoms with Gasteiger partial charge in [0.25, 0.3) is 16.0 Å². The number of nitrogens with zero attached hydrogens (tertiary/aromatic N) is 4. The van der Waals surface area contributed by atoms with E-state index in [4.69, 9.17) is 25.9 Å². The minimum Gasteiger partial charge on any atom is -0.387 e. The molecule has 0 bridgehead atoms. The molecule has 3 aromatic carbocycles. The maximum Gasteiger partial charge on any atom is 0.297 e. The molecule has 0 radical (unpaired) electrons. The first-order valence-corrected chi connectivity index (χ1v) is 15.7. The lowest BCUT2D eigenvalue weighted by Crippen LogP contribution is -2.48. The first-order chi connectivity index (χ1) is 20.6. The highest BCUT2D eigenvalue weighted by Crippen LogP contribution is 2.49. The van der Waals surface area contributed by atoms with E-state index in [9.17, 15) is 13.5 Å². The molecular weight excluding hydrogens is 584 g/mol. The largest absolute Gasteiger partial charge is 0.387 e. The first-order valence-electron chi connectivity index (χ1n) is 13.9. The zero-order chi connectivity index (χ0) is 29.8. The molecule has 1 N–H and O–H groups in total. The number of hydrogen-bond acceptors (Lipinski definition) is 7. The molecule has 3 heterocycles. The predicted octanol–water partition coefficient (Wildman–Crippen LogP) is 6.25. The van der Waals surface area contributed by atoms with Crippen molar-refractivity contribution in [1.29, 1.82) is 0 Å². The van der Waals surface area contributed by atoms with Crippen molar-refractivity contribution in [3.05, 3.63) is 120 Å². The van der Waals surface area contributed by atoms with E-state index in [1.54, 1.807) is 30.7 Å². The summed E-state index contributed by atoms with van der Waals surface area (Å²) in [6.07, 6.45) is 5.66. The van der Waals surface area contributed by atoms with Gasteiger partial charge in [0.05, 0.1) is 46.3 Å². The van der Waals surface area contributed by atoms with Crippen molar-refractivity contribution in [2.24, 2.45) is 15.9 Å². The van der Waals surface area contributed by atoms with Crippen molar-refractivity contribution >= 4 is 44.8 Å². The standard InChI is InChI=1S/C33H28ClN4O4S/c1-22-7-12-27(13-8-22)43(40,41)42-21-33(39)18-26(19-33)31-30-20-35-15-16-38(30,34)32(37-31)25-10-9-24-11-14-28(36-29(24)17-25)23-5-3-2-4-6-23/h2-17,20,26,39H,18-19,21H2,1H3/q+1. The Morgan fingerprint density at radius 2 is 1.74 bits per heavy atom. The molecular formula is C33H28ClN4O4S+. The zero-order valence-electron chi connectivity index (χ0n) is 23.3. The molecule has 4 aromatic rings. The highest BCUT2D eigenvalue weighted by Gasteiger charge is 2.53. The van der Waals surface area contributed by atoms with Gasteiger partial charge in [0.2, 0.25) is 5.70 Å². The van der Waals surface area contributed by atoms with Gasteiger partial charge < -0.3 is 5.11 Å². The summed E-state index contributed by atoms with van der Waals surface area (Å²) >= 11 is 7.23. The second-order valence-electron chi connectivity index (χ2n) is 11.2. The molecule has 0 amide bonds. The number of amidine groups is 1. The van der Waals surface area contributed by atoms with Crippen LogP contribution >= 0.6 is 11.8 Å². The summed E-state index contributed by atoms with van der Waals surface area (Å²) in [4.78, 5) is 14.3. The number of aryl methyl sites for hydroxylation is 1. The minimum absolute atomic E-state index is 0.0581. The molecule has 7 rings (SSSR count). The van der Waals surface area contributed by atoms with E-state index >= 15 is 0 Å². The average molecular weight is 612 g/mol. The Balaban J connectivity index is 1.14. The van der Waals surface area contributed by atoms with E-state index < -0.39 is 15.7 Å². The second kappa shape index (κ2) is 10.3. The number of aliphatic hydroxyl groups is 1. The zero-order valence-corrected chi connectivity index (χ0v) is 24.8. The lowest BCUT2D eigenvalue weighted by atomic mass is 9.69. The molecule has 8 nitrogen and oxygen atoms in total. The lowest BCUT2D eigenvalue weighted by Gasteiger charge is -2.42. The van der Waals surface area contributed by atoms with Gasteiger partial charge in [-0.25, -0.2) is 4.98 Å². The normalized spacial score (nSPS) is 24.6. The van der Waals surface area contributed by atoms with Gasteiger partial charge in [0.15, 0.2) is 11.8 Å². The molecule has 1 atom stereocenters. The number of fused-ring (bicyclic) bond motifs is 2. The Morgan fingerprint density at radius 1 is 1.00 bits per heavy atom. The molecule has 1 unspecified atom stereocenters. The van der Waals surface area contributed by atoms with Crippen molar-refractivity contribution in [1.82, 2.24) is 4.98 Å². The maximum atomic E-state index is 12.7. The number of pyridine rings is 1. The summed E-state index contributed by atoms with van der Waals surface area (Å²) in [5, 5.41) is 12.1. The van der Waals surface area contributed by atoms with Crippen LogP contribution in [0.4, 0.5) is 0 Å². The minimum atomic E-state index is -4.00. The summed E-state index contributed by atoms with van der Waals surface area (Å²) < 4.78 is 30.4. The third-order valence-electron chi connectivity index (χ3n) is 8.15. The van der Waals surface area contributed by atoms with E-state index in [-0.39, 0.29) is 34.3 Å². The summed E-state index contributed by atoms with van der Waals surface area (Å²) in [6, 6.07) is 26.5. The van der Waals surface area contributed by atoms with Crippen molar-refractivity contribution in [2.45, 2.75) is 30.3 Å². The quantitative estimate of drug-likeness (QED) is 0.196. The van der Waals surface area contributed by atoms with Gasteiger partial charge in [0, 0.05) is 16.9 Å². The molecule has 1 saturated carbocycles. The smallest absolute Gasteiger partial charge is 0.297 e. The van der Waals surface area contributed by atoms with Crippen LogP contribution in [0.3, 0.4) is 0 Å². The van der Waals surface area contributed by atoms with Crippen LogP contribution in [0.1, 0.15) is 24.0 Å². The third kappa shape index (κ3) is 5.03. The monoisotopic (exact) mass is 611 g/mol. The van der Waals surface area contributed by atoms with E-state index in [1.165, 1.54) is 12.1 Å². The van der Waals surface area contributed by atoms with Crippen molar-refractivity contribution in [3.63, 3.8) is 0 Å². The van der Waals surface area contributed by atoms with Crippen molar-refractivity contribution in [3.8, 4) is 11.3 Å². The Hall–Kier alpha value is -3.99. The number of hydrogen-bond donors (Lipinski definition) is 1. The van der Waals surface area contributed by atoms with Crippen LogP contribution in [0.2, 0.25) is 0 Å². The van der Waals surface area contributed by atoms with E-state index in [0.29, 0.717) is 11.5 Å². The van der Waals surface area contributed by atoms with Crippen LogP contribution < -0.4 is 0 Å². The highest BCUT2D eigenvalue weighted by molar-refractivity contribution is 7.86. The molecule has 2 aliphatic heterocycles. The van der Waals surface area contributed by atoms with Crippen LogP contribution in [0.25, 0.3) is 22.2 Å². The molecule has 10 heteroatoms. The van der Waals surface area contributed by atoms with Crippen LogP contribution in [-0.2, 0) is 14.3 Å². The van der Waals surface area contributed by atoms with Crippen LogP contribution in [0, 0.1) is 12.8 Å². The van der Waals surface area contributed by atoms with E-state index in [1.807, 2.05) is 61.5 Å². The number of benzene rings is 3. The Labute approximate surface area is 254 Å². The van der Waals surface area contributed by atoms with Crippen LogP contribution in [0.5, 0.6) is 0 Å². The molecule has 43 heavy (non-hydrogen) atoms. The average Bonchev–Trinajstić information content (AvgIpc) is 3.31. The molecule has 3 aliphatic rings. The van der Waals surface area contributed by atoms with Gasteiger partial charge in [-0.3, -0.25) is 9.18 Å². The number of quaternary nitrogens is 1. The summed E-state index contributed by atoms with van der Waals surface area (Å²) in [5.41, 5.74) is 4.59.